The number of esters is 1. The van der Waals surface area contributed by atoms with E-state index in [-0.39, 0.29) is 18.1 Å². The molecule has 3 atom stereocenters. The van der Waals surface area contributed by atoms with Gasteiger partial charge in [-0.2, -0.15) is 0 Å². The van der Waals surface area contributed by atoms with E-state index < -0.39 is 0 Å². The molecule has 2 fully saturated rings. The second-order valence-electron chi connectivity index (χ2n) is 4.56. The predicted octanol–water partition coefficient (Wildman–Crippen LogP) is 0.707. The minimum atomic E-state index is -0.102. The molecule has 2 saturated heterocycles. The van der Waals surface area contributed by atoms with Crippen LogP contribution in [0.1, 0.15) is 26.2 Å². The van der Waals surface area contributed by atoms with Gasteiger partial charge in [-0.15, -0.1) is 0 Å². The Balaban J connectivity index is 1.78. The number of hydrogen-bond acceptors (Lipinski definition) is 4. The molecular weight excluding hydrogens is 194 g/mol. The standard InChI is InChI=1S/C11H19NO3/c1-8-2-4-12-10(6-8)11(13)15-9-3-5-14-7-9/h8-10,12H,2-7H2,1H3. The van der Waals surface area contributed by atoms with E-state index in [0.29, 0.717) is 19.1 Å². The highest BCUT2D eigenvalue weighted by atomic mass is 16.6. The van der Waals surface area contributed by atoms with Gasteiger partial charge in [0.25, 0.3) is 0 Å². The Morgan fingerprint density at radius 2 is 2.33 bits per heavy atom. The first kappa shape index (κ1) is 10.9. The molecule has 0 saturated carbocycles. The minimum absolute atomic E-state index is 0.0171. The molecule has 0 amide bonds. The summed E-state index contributed by atoms with van der Waals surface area (Å²) < 4.78 is 10.5. The van der Waals surface area contributed by atoms with Gasteiger partial charge in [-0.1, -0.05) is 6.92 Å². The summed E-state index contributed by atoms with van der Waals surface area (Å²) in [5, 5.41) is 3.21. The molecule has 0 aromatic carbocycles. The van der Waals surface area contributed by atoms with Crippen molar-refractivity contribution in [3.63, 3.8) is 0 Å². The largest absolute Gasteiger partial charge is 0.459 e. The Morgan fingerprint density at radius 1 is 1.47 bits per heavy atom. The number of nitrogens with one attached hydrogen (secondary N) is 1. The molecule has 0 aromatic rings. The summed E-state index contributed by atoms with van der Waals surface area (Å²) in [5.41, 5.74) is 0. The van der Waals surface area contributed by atoms with Gasteiger partial charge in [0.2, 0.25) is 0 Å². The summed E-state index contributed by atoms with van der Waals surface area (Å²) in [6, 6.07) is -0.102. The van der Waals surface area contributed by atoms with E-state index in [2.05, 4.69) is 12.2 Å². The molecular formula is C11H19NO3. The fourth-order valence-electron chi connectivity index (χ4n) is 2.14. The Labute approximate surface area is 90.3 Å². The van der Waals surface area contributed by atoms with Crippen molar-refractivity contribution in [2.24, 2.45) is 5.92 Å². The highest BCUT2D eigenvalue weighted by Gasteiger charge is 2.28. The monoisotopic (exact) mass is 213 g/mol. The molecule has 4 nitrogen and oxygen atoms in total. The summed E-state index contributed by atoms with van der Waals surface area (Å²) in [6.07, 6.45) is 2.87. The van der Waals surface area contributed by atoms with E-state index in [4.69, 9.17) is 9.47 Å². The molecule has 0 aliphatic carbocycles. The van der Waals surface area contributed by atoms with Crippen LogP contribution < -0.4 is 5.32 Å². The Bertz CT molecular complexity index is 226. The van der Waals surface area contributed by atoms with Crippen LogP contribution in [0.25, 0.3) is 0 Å². The maximum absolute atomic E-state index is 11.8. The summed E-state index contributed by atoms with van der Waals surface area (Å²) in [6.45, 7) is 4.38. The molecule has 0 spiro atoms. The summed E-state index contributed by atoms with van der Waals surface area (Å²) >= 11 is 0. The quantitative estimate of drug-likeness (QED) is 0.686. The first-order chi connectivity index (χ1) is 7.25. The highest BCUT2D eigenvalue weighted by Crippen LogP contribution is 2.17. The molecule has 3 unspecified atom stereocenters. The van der Waals surface area contributed by atoms with Crippen molar-refractivity contribution in [2.45, 2.75) is 38.3 Å². The lowest BCUT2D eigenvalue weighted by Gasteiger charge is -2.27. The first-order valence-electron chi connectivity index (χ1n) is 5.77. The van der Waals surface area contributed by atoms with E-state index in [1.54, 1.807) is 0 Å². The fraction of sp³-hybridized carbons (Fsp3) is 0.909. The number of piperidine rings is 1. The van der Waals surface area contributed by atoms with Crippen LogP contribution in [0, 0.1) is 5.92 Å². The minimum Gasteiger partial charge on any atom is -0.459 e. The van der Waals surface area contributed by atoms with Crippen LogP contribution in [0.3, 0.4) is 0 Å². The summed E-state index contributed by atoms with van der Waals surface area (Å²) in [5.74, 6) is 0.515. The second kappa shape index (κ2) is 4.94. The average molecular weight is 213 g/mol. The lowest BCUT2D eigenvalue weighted by Crippen LogP contribution is -2.45. The third-order valence-corrected chi connectivity index (χ3v) is 3.12. The van der Waals surface area contributed by atoms with Gasteiger partial charge >= 0.3 is 5.97 Å². The zero-order valence-corrected chi connectivity index (χ0v) is 9.20. The molecule has 2 heterocycles. The van der Waals surface area contributed by atoms with Crippen molar-refractivity contribution >= 4 is 5.97 Å². The van der Waals surface area contributed by atoms with Crippen LogP contribution in [0.4, 0.5) is 0 Å². The molecule has 2 aliphatic heterocycles. The fourth-order valence-corrected chi connectivity index (χ4v) is 2.14. The lowest BCUT2D eigenvalue weighted by atomic mass is 9.94. The molecule has 0 radical (unpaired) electrons. The molecule has 2 aliphatic rings. The van der Waals surface area contributed by atoms with Crippen molar-refractivity contribution < 1.29 is 14.3 Å². The van der Waals surface area contributed by atoms with Crippen molar-refractivity contribution in [1.82, 2.24) is 5.32 Å². The zero-order chi connectivity index (χ0) is 10.7. The van der Waals surface area contributed by atoms with Crippen molar-refractivity contribution in [2.75, 3.05) is 19.8 Å². The topological polar surface area (TPSA) is 47.6 Å². The van der Waals surface area contributed by atoms with E-state index in [1.165, 1.54) is 0 Å². The zero-order valence-electron chi connectivity index (χ0n) is 9.20. The molecule has 15 heavy (non-hydrogen) atoms. The number of carbonyl (C=O) groups excluding carboxylic acids is 1. The number of hydrogen-bond donors (Lipinski definition) is 1. The molecule has 86 valence electrons. The Kier molecular flexibility index (Phi) is 3.59. The van der Waals surface area contributed by atoms with Gasteiger partial charge in [-0.25, -0.2) is 0 Å². The lowest BCUT2D eigenvalue weighted by molar-refractivity contribution is -0.152. The average Bonchev–Trinajstić information content (AvgIpc) is 2.70. The molecule has 1 N–H and O–H groups in total. The SMILES string of the molecule is CC1CCNC(C(=O)OC2CCOC2)C1. The summed E-state index contributed by atoms with van der Waals surface area (Å²) in [4.78, 5) is 11.8. The Hall–Kier alpha value is -0.610. The van der Waals surface area contributed by atoms with Gasteiger partial charge in [0.15, 0.2) is 0 Å². The van der Waals surface area contributed by atoms with Gasteiger partial charge in [0.1, 0.15) is 12.1 Å². The first-order valence-corrected chi connectivity index (χ1v) is 5.77. The van der Waals surface area contributed by atoms with Crippen LogP contribution in [0.5, 0.6) is 0 Å². The summed E-state index contributed by atoms with van der Waals surface area (Å²) in [7, 11) is 0. The second-order valence-corrected chi connectivity index (χ2v) is 4.56. The molecule has 4 heteroatoms. The van der Waals surface area contributed by atoms with Gasteiger partial charge in [-0.05, 0) is 25.3 Å². The smallest absolute Gasteiger partial charge is 0.323 e. The highest BCUT2D eigenvalue weighted by molar-refractivity contribution is 5.76. The van der Waals surface area contributed by atoms with Crippen LogP contribution in [0.2, 0.25) is 0 Å². The number of rotatable bonds is 2. The van der Waals surface area contributed by atoms with Gasteiger partial charge in [0.05, 0.1) is 13.2 Å². The van der Waals surface area contributed by atoms with Crippen LogP contribution >= 0.6 is 0 Å². The third-order valence-electron chi connectivity index (χ3n) is 3.12. The van der Waals surface area contributed by atoms with Gasteiger partial charge in [0, 0.05) is 6.42 Å². The predicted molar refractivity (Wildman–Crippen MR) is 55.5 cm³/mol. The van der Waals surface area contributed by atoms with Crippen molar-refractivity contribution in [3.05, 3.63) is 0 Å². The van der Waals surface area contributed by atoms with Crippen molar-refractivity contribution in [1.29, 1.82) is 0 Å². The van der Waals surface area contributed by atoms with Gasteiger partial charge in [-0.3, -0.25) is 4.79 Å². The molecule has 0 bridgehead atoms. The maximum atomic E-state index is 11.8. The van der Waals surface area contributed by atoms with Crippen LogP contribution in [0.15, 0.2) is 0 Å². The number of ether oxygens (including phenoxy) is 2. The van der Waals surface area contributed by atoms with Crippen molar-refractivity contribution in [3.8, 4) is 0 Å². The van der Waals surface area contributed by atoms with E-state index in [9.17, 15) is 4.79 Å². The van der Waals surface area contributed by atoms with Gasteiger partial charge < -0.3 is 14.8 Å². The van der Waals surface area contributed by atoms with E-state index in [1.807, 2.05) is 0 Å². The van der Waals surface area contributed by atoms with Crippen LogP contribution in [-0.4, -0.2) is 37.9 Å². The molecule has 2 rings (SSSR count). The molecule has 0 aromatic heterocycles. The maximum Gasteiger partial charge on any atom is 0.323 e. The Morgan fingerprint density at radius 3 is 3.00 bits per heavy atom. The normalized spacial score (nSPS) is 36.5. The van der Waals surface area contributed by atoms with E-state index >= 15 is 0 Å². The van der Waals surface area contributed by atoms with E-state index in [0.717, 1.165) is 25.8 Å². The number of carbonyl (C=O) groups is 1. The van der Waals surface area contributed by atoms with Crippen LogP contribution in [-0.2, 0) is 14.3 Å². The third kappa shape index (κ3) is 2.92.